The Morgan fingerprint density at radius 1 is 0.895 bits per heavy atom. The summed E-state index contributed by atoms with van der Waals surface area (Å²) in [7, 11) is 0. The molecule has 3 aliphatic rings. The van der Waals surface area contributed by atoms with Gasteiger partial charge in [0.05, 0.1) is 6.04 Å². The summed E-state index contributed by atoms with van der Waals surface area (Å²) >= 11 is 0. The Morgan fingerprint density at radius 2 is 1.63 bits per heavy atom. The van der Waals surface area contributed by atoms with Crippen LogP contribution < -0.4 is 0 Å². The Morgan fingerprint density at radius 3 is 2.53 bits per heavy atom. The zero-order valence-electron chi connectivity index (χ0n) is 11.5. The monoisotopic (exact) mass is 249 g/mol. The molecule has 0 saturated carbocycles. The molecule has 0 spiro atoms. The first-order valence-corrected chi connectivity index (χ1v) is 6.81. The van der Waals surface area contributed by atoms with Gasteiger partial charge in [-0.3, -0.25) is 0 Å². The van der Waals surface area contributed by atoms with Crippen molar-refractivity contribution >= 4 is 0 Å². The molecule has 0 amide bonds. The maximum absolute atomic E-state index is 2.38. The van der Waals surface area contributed by atoms with Gasteiger partial charge in [-0.1, -0.05) is 59.8 Å². The van der Waals surface area contributed by atoms with E-state index in [9.17, 15) is 0 Å². The molecule has 2 aliphatic carbocycles. The van der Waals surface area contributed by atoms with Gasteiger partial charge in [0.25, 0.3) is 0 Å². The maximum Gasteiger partial charge on any atom is 0.0620 e. The zero-order valence-corrected chi connectivity index (χ0v) is 11.5. The predicted molar refractivity (Wildman–Crippen MR) is 81.3 cm³/mol. The molecule has 0 bridgehead atoms. The molecule has 0 aromatic rings. The highest BCUT2D eigenvalue weighted by Crippen LogP contribution is 2.34. The summed E-state index contributed by atoms with van der Waals surface area (Å²) in [5.74, 6) is 0.503. The van der Waals surface area contributed by atoms with Crippen LogP contribution in [0, 0.1) is 5.92 Å². The van der Waals surface area contributed by atoms with Gasteiger partial charge in [0, 0.05) is 17.8 Å². The Bertz CT molecular complexity index is 579. The van der Waals surface area contributed by atoms with Crippen LogP contribution >= 0.6 is 0 Å². The first-order valence-electron chi connectivity index (χ1n) is 6.81. The highest BCUT2D eigenvalue weighted by Gasteiger charge is 2.29. The van der Waals surface area contributed by atoms with E-state index in [-0.39, 0.29) is 0 Å². The molecular weight excluding hydrogens is 230 g/mol. The van der Waals surface area contributed by atoms with Crippen LogP contribution in [0.2, 0.25) is 0 Å². The fourth-order valence-corrected chi connectivity index (χ4v) is 2.73. The van der Waals surface area contributed by atoms with Crippen molar-refractivity contribution in [3.8, 4) is 0 Å². The smallest absolute Gasteiger partial charge is 0.0620 e. The number of nitrogens with zero attached hydrogens (tertiary/aromatic N) is 1. The topological polar surface area (TPSA) is 3.24 Å². The van der Waals surface area contributed by atoms with Gasteiger partial charge < -0.3 is 4.90 Å². The molecule has 1 heteroatoms. The van der Waals surface area contributed by atoms with Crippen molar-refractivity contribution in [3.63, 3.8) is 0 Å². The number of allylic oxidation sites excluding steroid dienone is 9. The summed E-state index contributed by atoms with van der Waals surface area (Å²) < 4.78 is 0. The molecule has 0 aromatic carbocycles. The Kier molecular flexibility index (Phi) is 3.12. The minimum absolute atomic E-state index is 0.427. The van der Waals surface area contributed by atoms with Crippen molar-refractivity contribution in [2.45, 2.75) is 19.9 Å². The Labute approximate surface area is 115 Å². The van der Waals surface area contributed by atoms with Crippen molar-refractivity contribution in [2.75, 3.05) is 0 Å². The SMILES string of the molecule is CC1=CC2C=CN(C3=C/C=C/C=C/C=C\3)C2C=C1C. The van der Waals surface area contributed by atoms with Gasteiger partial charge in [-0.2, -0.15) is 0 Å². The average Bonchev–Trinajstić information content (AvgIpc) is 2.73. The normalized spacial score (nSPS) is 36.3. The number of fused-ring (bicyclic) bond motifs is 1. The highest BCUT2D eigenvalue weighted by molar-refractivity contribution is 5.41. The quantitative estimate of drug-likeness (QED) is 0.670. The molecule has 3 rings (SSSR count). The summed E-state index contributed by atoms with van der Waals surface area (Å²) in [5, 5.41) is 0. The van der Waals surface area contributed by atoms with E-state index in [1.165, 1.54) is 16.8 Å². The second kappa shape index (κ2) is 4.93. The van der Waals surface area contributed by atoms with Crippen molar-refractivity contribution in [3.05, 3.63) is 83.8 Å². The fourth-order valence-electron chi connectivity index (χ4n) is 2.73. The van der Waals surface area contributed by atoms with Crippen molar-refractivity contribution in [2.24, 2.45) is 5.92 Å². The number of rotatable bonds is 1. The van der Waals surface area contributed by atoms with E-state index in [0.717, 1.165) is 0 Å². The third-order valence-electron chi connectivity index (χ3n) is 3.95. The van der Waals surface area contributed by atoms with Crippen molar-refractivity contribution in [1.29, 1.82) is 0 Å². The van der Waals surface area contributed by atoms with Gasteiger partial charge in [0.1, 0.15) is 0 Å². The van der Waals surface area contributed by atoms with Crippen molar-refractivity contribution < 1.29 is 0 Å². The molecule has 0 aromatic heterocycles. The van der Waals surface area contributed by atoms with E-state index in [0.29, 0.717) is 12.0 Å². The van der Waals surface area contributed by atoms with E-state index >= 15 is 0 Å². The summed E-state index contributed by atoms with van der Waals surface area (Å²) in [6.07, 6.45) is 24.0. The lowest BCUT2D eigenvalue weighted by Crippen LogP contribution is -2.30. The molecular formula is C18H19N. The molecule has 0 N–H and O–H groups in total. The van der Waals surface area contributed by atoms with Gasteiger partial charge in [-0.05, 0) is 26.0 Å². The molecule has 1 aliphatic heterocycles. The molecule has 2 unspecified atom stereocenters. The molecule has 1 heterocycles. The molecule has 2 atom stereocenters. The standard InChI is InChI=1S/C18H19N/c1-14-12-16-10-11-19(18(16)13-15(14)2)17-8-6-4-3-5-7-9-17/h3-13,16,18H,1-2H3/b4-3+,5-3?,6-4?,7-5+,8-6-,9-7?,17-8?,17-9+. The first-order chi connectivity index (χ1) is 9.25. The van der Waals surface area contributed by atoms with E-state index in [4.69, 9.17) is 0 Å². The summed E-state index contributed by atoms with van der Waals surface area (Å²) in [5.41, 5.74) is 4.03. The Balaban J connectivity index is 1.90. The lowest BCUT2D eigenvalue weighted by molar-refractivity contribution is 0.395. The maximum atomic E-state index is 2.38. The van der Waals surface area contributed by atoms with Gasteiger partial charge in [0.2, 0.25) is 0 Å². The first kappa shape index (κ1) is 12.0. The van der Waals surface area contributed by atoms with E-state index in [1.807, 2.05) is 6.08 Å². The molecule has 0 saturated heterocycles. The highest BCUT2D eigenvalue weighted by atomic mass is 15.2. The fraction of sp³-hybridized carbons (Fsp3) is 0.222. The summed E-state index contributed by atoms with van der Waals surface area (Å²) in [6.45, 7) is 4.39. The third-order valence-corrected chi connectivity index (χ3v) is 3.95. The van der Waals surface area contributed by atoms with Crippen LogP contribution in [0.4, 0.5) is 0 Å². The Hall–Kier alpha value is -2.02. The minimum Gasteiger partial charge on any atom is -0.340 e. The predicted octanol–water partition coefficient (Wildman–Crippen LogP) is 4.27. The average molecular weight is 249 g/mol. The van der Waals surface area contributed by atoms with E-state index < -0.39 is 0 Å². The largest absolute Gasteiger partial charge is 0.340 e. The van der Waals surface area contributed by atoms with Gasteiger partial charge >= 0.3 is 0 Å². The van der Waals surface area contributed by atoms with Gasteiger partial charge in [-0.25, -0.2) is 0 Å². The lowest BCUT2D eigenvalue weighted by atomic mass is 9.89. The van der Waals surface area contributed by atoms with Crippen LogP contribution in [0.5, 0.6) is 0 Å². The van der Waals surface area contributed by atoms with Crippen LogP contribution in [-0.2, 0) is 0 Å². The van der Waals surface area contributed by atoms with Crippen molar-refractivity contribution in [1.82, 2.24) is 4.90 Å². The molecule has 0 radical (unpaired) electrons. The zero-order chi connectivity index (χ0) is 13.2. The molecule has 0 fully saturated rings. The molecule has 1 nitrogen and oxygen atoms in total. The van der Waals surface area contributed by atoms with Crippen LogP contribution in [-0.4, -0.2) is 10.9 Å². The number of hydrogen-bond donors (Lipinski definition) is 0. The second-order valence-electron chi connectivity index (χ2n) is 5.24. The molecule has 96 valence electrons. The van der Waals surface area contributed by atoms with Crippen LogP contribution in [0.15, 0.2) is 83.8 Å². The lowest BCUT2D eigenvalue weighted by Gasteiger charge is -2.30. The van der Waals surface area contributed by atoms with Gasteiger partial charge in [0.15, 0.2) is 0 Å². The third kappa shape index (κ3) is 2.28. The van der Waals surface area contributed by atoms with Crippen LogP contribution in [0.1, 0.15) is 13.8 Å². The number of hydrogen-bond acceptors (Lipinski definition) is 1. The van der Waals surface area contributed by atoms with Gasteiger partial charge in [-0.15, -0.1) is 0 Å². The van der Waals surface area contributed by atoms with Crippen LogP contribution in [0.3, 0.4) is 0 Å². The summed E-state index contributed by atoms with van der Waals surface area (Å²) in [4.78, 5) is 2.36. The minimum atomic E-state index is 0.427. The molecule has 19 heavy (non-hydrogen) atoms. The van der Waals surface area contributed by atoms with Crippen LogP contribution in [0.25, 0.3) is 0 Å². The second-order valence-corrected chi connectivity index (χ2v) is 5.24. The van der Waals surface area contributed by atoms with E-state index in [1.54, 1.807) is 0 Å². The van der Waals surface area contributed by atoms with E-state index in [2.05, 4.69) is 79.6 Å². The summed E-state index contributed by atoms with van der Waals surface area (Å²) in [6, 6.07) is 0.427.